The highest BCUT2D eigenvalue weighted by Crippen LogP contribution is 2.25. The monoisotopic (exact) mass is 425 g/mol. The number of rotatable bonds is 4. The molecule has 1 amide bonds. The van der Waals surface area contributed by atoms with Crippen LogP contribution in [0.5, 0.6) is 0 Å². The molecule has 0 aliphatic carbocycles. The molecule has 0 fully saturated rings. The lowest BCUT2D eigenvalue weighted by molar-refractivity contribution is 0.0956. The highest BCUT2D eigenvalue weighted by Gasteiger charge is 2.14. The number of pyridine rings is 1. The number of nitrogens with zero attached hydrogens (tertiary/aromatic N) is 2. The van der Waals surface area contributed by atoms with Gasteiger partial charge in [-0.2, -0.15) is 5.10 Å². The lowest BCUT2D eigenvalue weighted by Crippen LogP contribution is -2.18. The van der Waals surface area contributed by atoms with Gasteiger partial charge in [-0.3, -0.25) is 4.79 Å². The van der Waals surface area contributed by atoms with Crippen molar-refractivity contribution in [3.63, 3.8) is 0 Å². The third-order valence-corrected chi connectivity index (χ3v) is 5.26. The fourth-order valence-corrected chi connectivity index (χ4v) is 3.43. The number of hydrogen-bond acceptors (Lipinski definition) is 3. The van der Waals surface area contributed by atoms with Gasteiger partial charge in [0.2, 0.25) is 0 Å². The number of nitrogens with one attached hydrogen (secondary N) is 1. The van der Waals surface area contributed by atoms with E-state index in [2.05, 4.69) is 48.4 Å². The predicted octanol–water partition coefficient (Wildman–Crippen LogP) is 6.10. The second kappa shape index (κ2) is 8.71. The van der Waals surface area contributed by atoms with Crippen LogP contribution in [-0.4, -0.2) is 17.1 Å². The second-order valence-corrected chi connectivity index (χ2v) is 8.65. The number of benzene rings is 3. The molecule has 4 rings (SSSR count). The summed E-state index contributed by atoms with van der Waals surface area (Å²) in [5.41, 5.74) is 7.28. The molecule has 0 aliphatic heterocycles. The second-order valence-electron chi connectivity index (χ2n) is 8.65. The van der Waals surface area contributed by atoms with E-state index in [1.54, 1.807) is 24.4 Å². The van der Waals surface area contributed by atoms with Crippen LogP contribution in [0, 0.1) is 5.82 Å². The number of hydrazone groups is 1. The number of hydrogen-bond donors (Lipinski definition) is 1. The molecule has 0 unspecified atom stereocenters. The van der Waals surface area contributed by atoms with E-state index in [-0.39, 0.29) is 17.1 Å². The lowest BCUT2D eigenvalue weighted by Gasteiger charge is -2.18. The van der Waals surface area contributed by atoms with Gasteiger partial charge in [-0.05, 0) is 52.9 Å². The van der Waals surface area contributed by atoms with Gasteiger partial charge < -0.3 is 0 Å². The number of para-hydroxylation sites is 1. The van der Waals surface area contributed by atoms with Crippen LogP contribution in [-0.2, 0) is 5.41 Å². The van der Waals surface area contributed by atoms with Crippen LogP contribution in [0.25, 0.3) is 22.2 Å². The maximum Gasteiger partial charge on any atom is 0.272 e. The van der Waals surface area contributed by atoms with Crippen molar-refractivity contribution in [2.24, 2.45) is 5.10 Å². The number of halogens is 1. The molecule has 4 nitrogen and oxygen atoms in total. The molecule has 0 atom stereocenters. The summed E-state index contributed by atoms with van der Waals surface area (Å²) < 4.78 is 13.3. The summed E-state index contributed by atoms with van der Waals surface area (Å²) in [5, 5.41) is 4.86. The van der Waals surface area contributed by atoms with Crippen LogP contribution in [0.15, 0.2) is 84.0 Å². The molecule has 1 aromatic heterocycles. The maximum absolute atomic E-state index is 13.3. The standard InChI is InChI=1S/C27H24FN3O/c1-27(2,3)20-12-8-18(9-13-20)17-29-31-26(32)23-16-25(19-10-14-21(28)15-11-19)30-24-7-5-4-6-22(23)24/h4-17H,1-3H3,(H,31,32). The van der Waals surface area contributed by atoms with Gasteiger partial charge in [0.25, 0.3) is 5.91 Å². The third-order valence-electron chi connectivity index (χ3n) is 5.26. The Bertz CT molecular complexity index is 1290. The topological polar surface area (TPSA) is 54.4 Å². The minimum absolute atomic E-state index is 0.0779. The quantitative estimate of drug-likeness (QED) is 0.317. The summed E-state index contributed by atoms with van der Waals surface area (Å²) in [4.78, 5) is 17.6. The third kappa shape index (κ3) is 4.72. The largest absolute Gasteiger partial charge is 0.272 e. The molecule has 0 aliphatic rings. The Morgan fingerprint density at radius 2 is 1.66 bits per heavy atom. The Morgan fingerprint density at radius 1 is 0.969 bits per heavy atom. The molecule has 0 radical (unpaired) electrons. The van der Waals surface area contributed by atoms with E-state index in [1.807, 2.05) is 36.4 Å². The van der Waals surface area contributed by atoms with Crippen LogP contribution in [0.4, 0.5) is 4.39 Å². The Morgan fingerprint density at radius 3 is 2.34 bits per heavy atom. The summed E-state index contributed by atoms with van der Waals surface area (Å²) in [6.45, 7) is 6.49. The van der Waals surface area contributed by atoms with Crippen molar-refractivity contribution in [1.82, 2.24) is 10.4 Å². The van der Waals surface area contributed by atoms with Crippen molar-refractivity contribution in [1.29, 1.82) is 0 Å². The van der Waals surface area contributed by atoms with Gasteiger partial charge in [0.15, 0.2) is 0 Å². The van der Waals surface area contributed by atoms with E-state index in [9.17, 15) is 9.18 Å². The van der Waals surface area contributed by atoms with Gasteiger partial charge >= 0.3 is 0 Å². The highest BCUT2D eigenvalue weighted by atomic mass is 19.1. The molecule has 0 saturated heterocycles. The first-order valence-corrected chi connectivity index (χ1v) is 10.4. The van der Waals surface area contributed by atoms with Crippen molar-refractivity contribution in [3.05, 3.63) is 101 Å². The van der Waals surface area contributed by atoms with Gasteiger partial charge in [-0.15, -0.1) is 0 Å². The van der Waals surface area contributed by atoms with Crippen LogP contribution in [0.2, 0.25) is 0 Å². The van der Waals surface area contributed by atoms with Crippen molar-refractivity contribution in [2.75, 3.05) is 0 Å². The molecule has 32 heavy (non-hydrogen) atoms. The van der Waals surface area contributed by atoms with E-state index in [1.165, 1.54) is 17.7 Å². The molecule has 160 valence electrons. The SMILES string of the molecule is CC(C)(C)c1ccc(C=NNC(=O)c2cc(-c3ccc(F)cc3)nc3ccccc23)cc1. The van der Waals surface area contributed by atoms with Crippen LogP contribution < -0.4 is 5.43 Å². The predicted molar refractivity (Wildman–Crippen MR) is 127 cm³/mol. The van der Waals surface area contributed by atoms with Gasteiger partial charge in [0.05, 0.1) is 23.0 Å². The van der Waals surface area contributed by atoms with Gasteiger partial charge in [0.1, 0.15) is 5.82 Å². The first-order chi connectivity index (χ1) is 15.3. The Kier molecular flexibility index (Phi) is 5.82. The minimum atomic E-state index is -0.338. The van der Waals surface area contributed by atoms with Gasteiger partial charge in [0, 0.05) is 10.9 Å². The molecule has 4 aromatic rings. The highest BCUT2D eigenvalue weighted by molar-refractivity contribution is 6.07. The number of amides is 1. The molecule has 5 heteroatoms. The minimum Gasteiger partial charge on any atom is -0.267 e. The number of carbonyl (C=O) groups excluding carboxylic acids is 1. The Hall–Kier alpha value is -3.86. The first-order valence-electron chi connectivity index (χ1n) is 10.4. The van der Waals surface area contributed by atoms with Gasteiger partial charge in [-0.25, -0.2) is 14.8 Å². The first kappa shape index (κ1) is 21.4. The zero-order valence-electron chi connectivity index (χ0n) is 18.3. The molecule has 1 N–H and O–H groups in total. The summed E-state index contributed by atoms with van der Waals surface area (Å²) in [5.74, 6) is -0.660. The smallest absolute Gasteiger partial charge is 0.267 e. The van der Waals surface area contributed by atoms with Crippen LogP contribution in [0.3, 0.4) is 0 Å². The molecule has 0 bridgehead atoms. The van der Waals surface area contributed by atoms with E-state index in [4.69, 9.17) is 0 Å². The number of carbonyl (C=O) groups is 1. The number of aromatic nitrogens is 1. The van der Waals surface area contributed by atoms with E-state index < -0.39 is 0 Å². The Labute approximate surface area is 186 Å². The summed E-state index contributed by atoms with van der Waals surface area (Å²) in [6, 6.07) is 23.3. The van der Waals surface area contributed by atoms with Crippen LogP contribution in [0.1, 0.15) is 42.3 Å². The molecule has 1 heterocycles. The Balaban J connectivity index is 1.60. The summed E-state index contributed by atoms with van der Waals surface area (Å²) >= 11 is 0. The summed E-state index contributed by atoms with van der Waals surface area (Å²) in [7, 11) is 0. The van der Waals surface area contributed by atoms with Gasteiger partial charge in [-0.1, -0.05) is 63.2 Å². The van der Waals surface area contributed by atoms with Crippen molar-refractivity contribution in [2.45, 2.75) is 26.2 Å². The van der Waals surface area contributed by atoms with Crippen molar-refractivity contribution < 1.29 is 9.18 Å². The van der Waals surface area contributed by atoms with E-state index in [0.717, 1.165) is 16.5 Å². The zero-order chi connectivity index (χ0) is 22.7. The van der Waals surface area contributed by atoms with Crippen molar-refractivity contribution >= 4 is 23.0 Å². The fourth-order valence-electron chi connectivity index (χ4n) is 3.43. The van der Waals surface area contributed by atoms with Crippen molar-refractivity contribution in [3.8, 4) is 11.3 Å². The lowest BCUT2D eigenvalue weighted by atomic mass is 9.87. The molecule has 0 saturated carbocycles. The maximum atomic E-state index is 13.3. The molecule has 0 spiro atoms. The molecular weight excluding hydrogens is 401 g/mol. The molecule has 3 aromatic carbocycles. The average molecular weight is 426 g/mol. The van der Waals surface area contributed by atoms with E-state index in [0.29, 0.717) is 16.8 Å². The molecular formula is C27H24FN3O. The van der Waals surface area contributed by atoms with E-state index >= 15 is 0 Å². The normalized spacial score (nSPS) is 11.8. The average Bonchev–Trinajstić information content (AvgIpc) is 2.78. The summed E-state index contributed by atoms with van der Waals surface area (Å²) in [6.07, 6.45) is 1.62. The van der Waals surface area contributed by atoms with Crippen LogP contribution >= 0.6 is 0 Å². The fraction of sp³-hybridized carbons (Fsp3) is 0.148. The zero-order valence-corrected chi connectivity index (χ0v) is 18.3. The number of fused-ring (bicyclic) bond motifs is 1.